The molecular formula is C21H25F3N2. The predicted octanol–water partition coefficient (Wildman–Crippen LogP) is 4.63. The van der Waals surface area contributed by atoms with Gasteiger partial charge in [0.2, 0.25) is 0 Å². The fourth-order valence-corrected chi connectivity index (χ4v) is 3.84. The van der Waals surface area contributed by atoms with Gasteiger partial charge in [-0.25, -0.2) is 0 Å². The van der Waals surface area contributed by atoms with Gasteiger partial charge >= 0.3 is 6.18 Å². The Morgan fingerprint density at radius 3 is 2.31 bits per heavy atom. The van der Waals surface area contributed by atoms with E-state index in [1.54, 1.807) is 6.07 Å². The molecule has 5 heteroatoms. The molecule has 2 aromatic carbocycles. The number of aryl methyl sites for hydroxylation is 2. The van der Waals surface area contributed by atoms with Gasteiger partial charge < -0.3 is 11.1 Å². The minimum atomic E-state index is -4.30. The van der Waals surface area contributed by atoms with Crippen LogP contribution >= 0.6 is 0 Å². The molecule has 2 nitrogen and oxygen atoms in total. The summed E-state index contributed by atoms with van der Waals surface area (Å²) in [7, 11) is 0. The first-order valence-electron chi connectivity index (χ1n) is 9.05. The molecule has 2 aromatic rings. The monoisotopic (exact) mass is 362 g/mol. The van der Waals surface area contributed by atoms with Crippen LogP contribution in [0.5, 0.6) is 0 Å². The van der Waals surface area contributed by atoms with E-state index in [0.29, 0.717) is 13.0 Å². The molecule has 0 fully saturated rings. The summed E-state index contributed by atoms with van der Waals surface area (Å²) in [5, 5.41) is 3.67. The molecule has 1 aliphatic rings. The van der Waals surface area contributed by atoms with Crippen LogP contribution in [0.1, 0.15) is 48.1 Å². The number of fused-ring (bicyclic) bond motifs is 1. The first-order valence-corrected chi connectivity index (χ1v) is 9.05. The molecule has 0 radical (unpaired) electrons. The predicted molar refractivity (Wildman–Crippen MR) is 97.9 cm³/mol. The molecule has 0 aliphatic heterocycles. The lowest BCUT2D eigenvalue weighted by molar-refractivity contribution is -0.137. The Morgan fingerprint density at radius 1 is 1.04 bits per heavy atom. The first kappa shape index (κ1) is 18.9. The zero-order valence-corrected chi connectivity index (χ0v) is 14.9. The number of benzene rings is 2. The number of nitrogens with one attached hydrogen (secondary N) is 1. The summed E-state index contributed by atoms with van der Waals surface area (Å²) in [4.78, 5) is 0. The van der Waals surface area contributed by atoms with E-state index in [0.717, 1.165) is 30.4 Å². The second-order valence-electron chi connectivity index (χ2n) is 7.24. The minimum Gasteiger partial charge on any atom is -0.329 e. The van der Waals surface area contributed by atoms with Crippen LogP contribution < -0.4 is 11.1 Å². The average molecular weight is 362 g/mol. The molecule has 3 rings (SSSR count). The van der Waals surface area contributed by atoms with Crippen LogP contribution in [-0.4, -0.2) is 12.1 Å². The van der Waals surface area contributed by atoms with E-state index in [1.165, 1.54) is 17.7 Å². The summed E-state index contributed by atoms with van der Waals surface area (Å²) >= 11 is 0. The third-order valence-corrected chi connectivity index (χ3v) is 5.49. The maximum absolute atomic E-state index is 13.0. The summed E-state index contributed by atoms with van der Waals surface area (Å²) in [6, 6.07) is 14.4. The number of hydrogen-bond donors (Lipinski definition) is 2. The van der Waals surface area contributed by atoms with Gasteiger partial charge in [-0.3, -0.25) is 0 Å². The quantitative estimate of drug-likeness (QED) is 0.778. The van der Waals surface area contributed by atoms with E-state index in [2.05, 4.69) is 24.4 Å². The maximum Gasteiger partial charge on any atom is 0.416 e. The van der Waals surface area contributed by atoms with E-state index >= 15 is 0 Å². The highest BCUT2D eigenvalue weighted by Gasteiger charge is 2.34. The lowest BCUT2D eigenvalue weighted by atomic mass is 9.88. The number of rotatable bonds is 4. The first-order chi connectivity index (χ1) is 12.3. The van der Waals surface area contributed by atoms with Gasteiger partial charge in [-0.05, 0) is 61.4 Å². The highest BCUT2D eigenvalue weighted by molar-refractivity contribution is 5.35. The summed E-state index contributed by atoms with van der Waals surface area (Å²) in [6.45, 7) is 2.57. The minimum absolute atomic E-state index is 0.131. The van der Waals surface area contributed by atoms with Gasteiger partial charge in [-0.1, -0.05) is 36.4 Å². The lowest BCUT2D eigenvalue weighted by Gasteiger charge is -2.36. The topological polar surface area (TPSA) is 38.0 Å². The van der Waals surface area contributed by atoms with Crippen LogP contribution in [0.4, 0.5) is 13.2 Å². The van der Waals surface area contributed by atoms with Crippen LogP contribution in [0.2, 0.25) is 0 Å². The van der Waals surface area contributed by atoms with Crippen molar-refractivity contribution in [2.45, 2.75) is 50.4 Å². The normalized spacial score (nSPS) is 21.7. The van der Waals surface area contributed by atoms with E-state index in [1.807, 2.05) is 18.2 Å². The highest BCUT2D eigenvalue weighted by Crippen LogP contribution is 2.34. The van der Waals surface area contributed by atoms with Gasteiger partial charge in [0, 0.05) is 18.1 Å². The average Bonchev–Trinajstić information content (AvgIpc) is 2.82. The van der Waals surface area contributed by atoms with Gasteiger partial charge in [-0.15, -0.1) is 0 Å². The van der Waals surface area contributed by atoms with Crippen molar-refractivity contribution in [2.24, 2.45) is 5.73 Å². The Morgan fingerprint density at radius 2 is 1.69 bits per heavy atom. The zero-order valence-electron chi connectivity index (χ0n) is 14.9. The molecule has 0 amide bonds. The molecule has 0 unspecified atom stereocenters. The Kier molecular flexibility index (Phi) is 5.39. The second-order valence-corrected chi connectivity index (χ2v) is 7.24. The number of halogens is 3. The SMILES string of the molecule is C[C@@H](N[C@]1(CN)CCc2ccc(C(F)(F)F)cc2CC1)c1ccccc1. The lowest BCUT2D eigenvalue weighted by Crippen LogP contribution is -2.52. The Labute approximate surface area is 152 Å². The maximum atomic E-state index is 13.0. The van der Waals surface area contributed by atoms with E-state index in [9.17, 15) is 13.2 Å². The van der Waals surface area contributed by atoms with E-state index in [4.69, 9.17) is 5.73 Å². The van der Waals surface area contributed by atoms with Crippen LogP contribution in [0.15, 0.2) is 48.5 Å². The van der Waals surface area contributed by atoms with Crippen LogP contribution in [0.3, 0.4) is 0 Å². The molecule has 0 saturated carbocycles. The van der Waals surface area contributed by atoms with Crippen molar-refractivity contribution >= 4 is 0 Å². The Balaban J connectivity index is 1.79. The van der Waals surface area contributed by atoms with Gasteiger partial charge in [0.25, 0.3) is 0 Å². The van der Waals surface area contributed by atoms with Crippen LogP contribution in [0.25, 0.3) is 0 Å². The highest BCUT2D eigenvalue weighted by atomic mass is 19.4. The van der Waals surface area contributed by atoms with Crippen molar-refractivity contribution in [2.75, 3.05) is 6.54 Å². The number of alkyl halides is 3. The molecule has 3 N–H and O–H groups in total. The Hall–Kier alpha value is -1.85. The largest absolute Gasteiger partial charge is 0.416 e. The zero-order chi connectivity index (χ0) is 18.8. The molecule has 0 bridgehead atoms. The van der Waals surface area contributed by atoms with Crippen molar-refractivity contribution in [1.82, 2.24) is 5.32 Å². The summed E-state index contributed by atoms with van der Waals surface area (Å²) < 4.78 is 39.0. The Bertz CT molecular complexity index is 743. The van der Waals surface area contributed by atoms with Crippen LogP contribution in [0, 0.1) is 0 Å². The third-order valence-electron chi connectivity index (χ3n) is 5.49. The van der Waals surface area contributed by atoms with Crippen molar-refractivity contribution in [3.63, 3.8) is 0 Å². The van der Waals surface area contributed by atoms with Crippen molar-refractivity contribution in [1.29, 1.82) is 0 Å². The fourth-order valence-electron chi connectivity index (χ4n) is 3.84. The summed E-state index contributed by atoms with van der Waals surface area (Å²) in [6.07, 6.45) is -1.41. The molecule has 26 heavy (non-hydrogen) atoms. The summed E-state index contributed by atoms with van der Waals surface area (Å²) in [5.74, 6) is 0. The van der Waals surface area contributed by atoms with Gasteiger partial charge in [0.15, 0.2) is 0 Å². The molecule has 140 valence electrons. The fraction of sp³-hybridized carbons (Fsp3) is 0.429. The van der Waals surface area contributed by atoms with Gasteiger partial charge in [0.1, 0.15) is 0 Å². The third kappa shape index (κ3) is 4.10. The molecule has 2 atom stereocenters. The van der Waals surface area contributed by atoms with E-state index < -0.39 is 11.7 Å². The standard InChI is InChI=1S/C21H25F3N2/c1-15(16-5-3-2-4-6-16)26-20(14-25)11-9-17-7-8-19(21(22,23)24)13-18(17)10-12-20/h2-8,13,15,26H,9-12,14,25H2,1H3/t15-,20-/m1/s1. The summed E-state index contributed by atoms with van der Waals surface area (Å²) in [5.41, 5.74) is 8.27. The molecule has 0 saturated heterocycles. The molecule has 0 aromatic heterocycles. The van der Waals surface area contributed by atoms with Crippen molar-refractivity contribution in [3.8, 4) is 0 Å². The number of hydrogen-bond acceptors (Lipinski definition) is 2. The molecule has 0 spiro atoms. The van der Waals surface area contributed by atoms with Crippen molar-refractivity contribution < 1.29 is 13.2 Å². The van der Waals surface area contributed by atoms with Gasteiger partial charge in [-0.2, -0.15) is 13.2 Å². The molecule has 0 heterocycles. The molecular weight excluding hydrogens is 337 g/mol. The van der Waals surface area contributed by atoms with Crippen LogP contribution in [-0.2, 0) is 19.0 Å². The van der Waals surface area contributed by atoms with Gasteiger partial charge in [0.05, 0.1) is 5.56 Å². The number of nitrogens with two attached hydrogens (primary N) is 1. The van der Waals surface area contributed by atoms with Crippen molar-refractivity contribution in [3.05, 3.63) is 70.8 Å². The van der Waals surface area contributed by atoms with E-state index in [-0.39, 0.29) is 11.6 Å². The smallest absolute Gasteiger partial charge is 0.329 e. The second kappa shape index (κ2) is 7.41. The molecule has 1 aliphatic carbocycles.